The van der Waals surface area contributed by atoms with Gasteiger partial charge in [-0.3, -0.25) is 4.79 Å². The van der Waals surface area contributed by atoms with Gasteiger partial charge in [0.25, 0.3) is 5.91 Å². The molecule has 1 amide bonds. The molecule has 0 spiro atoms. The molecule has 1 fully saturated rings. The molecule has 4 N–H and O–H groups in total. The number of aliphatic hydroxyl groups excluding tert-OH is 1. The molecule has 17 heavy (non-hydrogen) atoms. The minimum Gasteiger partial charge on any atom is -0.398 e. The van der Waals surface area contributed by atoms with Crippen LogP contribution in [0.1, 0.15) is 23.2 Å². The van der Waals surface area contributed by atoms with Crippen molar-refractivity contribution >= 4 is 23.2 Å². The Morgan fingerprint density at radius 2 is 2.24 bits per heavy atom. The number of nitrogen functional groups attached to an aromatic ring is 1. The average molecular weight is 255 g/mol. The third-order valence-corrected chi connectivity index (χ3v) is 3.51. The van der Waals surface area contributed by atoms with Gasteiger partial charge in [0.1, 0.15) is 0 Å². The predicted molar refractivity (Wildman–Crippen MR) is 67.0 cm³/mol. The number of benzene rings is 1. The van der Waals surface area contributed by atoms with Crippen molar-refractivity contribution in [3.05, 3.63) is 28.8 Å². The van der Waals surface area contributed by atoms with Crippen molar-refractivity contribution in [1.82, 2.24) is 5.32 Å². The van der Waals surface area contributed by atoms with E-state index >= 15 is 0 Å². The first-order valence-electron chi connectivity index (χ1n) is 5.50. The maximum Gasteiger partial charge on any atom is 0.251 e. The summed E-state index contributed by atoms with van der Waals surface area (Å²) in [5.41, 5.74) is 6.42. The highest BCUT2D eigenvalue weighted by Crippen LogP contribution is 2.44. The highest BCUT2D eigenvalue weighted by molar-refractivity contribution is 6.33. The molecule has 0 unspecified atom stereocenters. The fourth-order valence-corrected chi connectivity index (χ4v) is 1.79. The highest BCUT2D eigenvalue weighted by Gasteiger charge is 2.42. The number of carbonyl (C=O) groups excluding carboxylic acids is 1. The van der Waals surface area contributed by atoms with Gasteiger partial charge < -0.3 is 16.2 Å². The number of amides is 1. The summed E-state index contributed by atoms with van der Waals surface area (Å²) in [6.07, 6.45) is 1.93. The lowest BCUT2D eigenvalue weighted by Crippen LogP contribution is -2.31. The van der Waals surface area contributed by atoms with Crippen molar-refractivity contribution < 1.29 is 9.90 Å². The lowest BCUT2D eigenvalue weighted by atomic mass is 10.1. The van der Waals surface area contributed by atoms with E-state index in [2.05, 4.69) is 5.32 Å². The van der Waals surface area contributed by atoms with Gasteiger partial charge in [-0.1, -0.05) is 11.6 Å². The van der Waals surface area contributed by atoms with Crippen LogP contribution in [-0.4, -0.2) is 24.2 Å². The van der Waals surface area contributed by atoms with E-state index in [-0.39, 0.29) is 17.9 Å². The minimum atomic E-state index is -0.188. The highest BCUT2D eigenvalue weighted by atomic mass is 35.5. The van der Waals surface area contributed by atoms with E-state index in [1.54, 1.807) is 18.2 Å². The van der Waals surface area contributed by atoms with Gasteiger partial charge in [0.05, 0.1) is 17.3 Å². The summed E-state index contributed by atoms with van der Waals surface area (Å²) in [5, 5.41) is 12.3. The molecule has 1 aliphatic carbocycles. The number of nitrogens with one attached hydrogen (secondary N) is 1. The van der Waals surface area contributed by atoms with Gasteiger partial charge in [0, 0.05) is 17.5 Å². The Bertz CT molecular complexity index is 444. The van der Waals surface area contributed by atoms with Crippen molar-refractivity contribution in [3.63, 3.8) is 0 Å². The summed E-state index contributed by atoms with van der Waals surface area (Å²) in [5.74, 6) is -0.188. The van der Waals surface area contributed by atoms with E-state index in [1.807, 2.05) is 0 Å². The molecule has 0 heterocycles. The average Bonchev–Trinajstić information content (AvgIpc) is 3.10. The number of carbonyl (C=O) groups is 1. The molecule has 0 aliphatic heterocycles. The summed E-state index contributed by atoms with van der Waals surface area (Å²) in [6.45, 7) is 0.625. The van der Waals surface area contributed by atoms with Gasteiger partial charge >= 0.3 is 0 Å². The molecule has 1 aliphatic rings. The topological polar surface area (TPSA) is 75.4 Å². The van der Waals surface area contributed by atoms with Crippen LogP contribution >= 0.6 is 11.6 Å². The summed E-state index contributed by atoms with van der Waals surface area (Å²) in [7, 11) is 0. The summed E-state index contributed by atoms with van der Waals surface area (Å²) < 4.78 is 0. The smallest absolute Gasteiger partial charge is 0.251 e. The summed E-state index contributed by atoms with van der Waals surface area (Å²) in [6, 6.07) is 4.79. The summed E-state index contributed by atoms with van der Waals surface area (Å²) >= 11 is 5.84. The minimum absolute atomic E-state index is 0.0900. The molecule has 0 saturated heterocycles. The van der Waals surface area contributed by atoms with Crippen LogP contribution in [0.15, 0.2) is 18.2 Å². The van der Waals surface area contributed by atoms with Crippen LogP contribution in [0.2, 0.25) is 5.02 Å². The monoisotopic (exact) mass is 254 g/mol. The number of aliphatic hydroxyl groups is 1. The van der Waals surface area contributed by atoms with Crippen LogP contribution in [0.25, 0.3) is 0 Å². The Balaban J connectivity index is 1.97. The largest absolute Gasteiger partial charge is 0.398 e. The van der Waals surface area contributed by atoms with Gasteiger partial charge in [-0.15, -0.1) is 0 Å². The molecule has 1 saturated carbocycles. The fourth-order valence-electron chi connectivity index (χ4n) is 1.61. The molecule has 4 nitrogen and oxygen atoms in total. The molecule has 2 rings (SSSR count). The molecule has 0 bridgehead atoms. The number of hydrogen-bond donors (Lipinski definition) is 3. The quantitative estimate of drug-likeness (QED) is 0.712. The molecule has 0 atom stereocenters. The van der Waals surface area contributed by atoms with Crippen molar-refractivity contribution in [3.8, 4) is 0 Å². The van der Waals surface area contributed by atoms with E-state index < -0.39 is 0 Å². The lowest BCUT2D eigenvalue weighted by molar-refractivity contribution is 0.0935. The van der Waals surface area contributed by atoms with E-state index in [9.17, 15) is 4.79 Å². The predicted octanol–water partition coefficient (Wildman–Crippen LogP) is 1.42. The molecule has 0 aromatic heterocycles. The van der Waals surface area contributed by atoms with Crippen molar-refractivity contribution in [2.75, 3.05) is 18.9 Å². The van der Waals surface area contributed by atoms with E-state index in [4.69, 9.17) is 22.4 Å². The standard InChI is InChI=1S/C12H15ClN2O2/c13-9-5-8(1-2-10(9)14)11(17)15-6-12(7-16)3-4-12/h1-2,5,16H,3-4,6-7,14H2,(H,15,17). The Kier molecular flexibility index (Phi) is 3.26. The number of rotatable bonds is 4. The van der Waals surface area contributed by atoms with E-state index in [0.29, 0.717) is 22.8 Å². The second kappa shape index (κ2) is 4.55. The first-order chi connectivity index (χ1) is 8.06. The van der Waals surface area contributed by atoms with E-state index in [0.717, 1.165) is 12.8 Å². The molecular formula is C12H15ClN2O2. The molecule has 92 valence electrons. The van der Waals surface area contributed by atoms with Gasteiger partial charge in [-0.2, -0.15) is 0 Å². The first-order valence-corrected chi connectivity index (χ1v) is 5.88. The number of anilines is 1. The second-order valence-corrected chi connectivity index (χ2v) is 4.98. The van der Waals surface area contributed by atoms with Crippen LogP contribution in [0.3, 0.4) is 0 Å². The van der Waals surface area contributed by atoms with Gasteiger partial charge in [-0.25, -0.2) is 0 Å². The van der Waals surface area contributed by atoms with Crippen molar-refractivity contribution in [1.29, 1.82) is 0 Å². The second-order valence-electron chi connectivity index (χ2n) is 4.58. The summed E-state index contributed by atoms with van der Waals surface area (Å²) in [4.78, 5) is 11.8. The fraction of sp³-hybridized carbons (Fsp3) is 0.417. The zero-order valence-electron chi connectivity index (χ0n) is 9.37. The molecule has 5 heteroatoms. The SMILES string of the molecule is Nc1ccc(C(=O)NCC2(CO)CC2)cc1Cl. The number of nitrogens with two attached hydrogens (primary N) is 1. The Hall–Kier alpha value is -1.26. The van der Waals surface area contributed by atoms with Gasteiger partial charge in [0.15, 0.2) is 0 Å². The maximum absolute atomic E-state index is 11.8. The zero-order chi connectivity index (χ0) is 12.5. The van der Waals surface area contributed by atoms with Crippen LogP contribution < -0.4 is 11.1 Å². The van der Waals surface area contributed by atoms with Gasteiger partial charge in [-0.05, 0) is 31.0 Å². The molecule has 1 aromatic carbocycles. The number of hydrogen-bond acceptors (Lipinski definition) is 3. The molecular weight excluding hydrogens is 240 g/mol. The van der Waals surface area contributed by atoms with Crippen molar-refractivity contribution in [2.24, 2.45) is 5.41 Å². The third-order valence-electron chi connectivity index (χ3n) is 3.18. The Morgan fingerprint density at radius 3 is 2.76 bits per heavy atom. The maximum atomic E-state index is 11.8. The van der Waals surface area contributed by atoms with Gasteiger partial charge in [0.2, 0.25) is 0 Å². The Morgan fingerprint density at radius 1 is 1.53 bits per heavy atom. The van der Waals surface area contributed by atoms with Crippen LogP contribution in [0, 0.1) is 5.41 Å². The first kappa shape index (κ1) is 12.2. The Labute approximate surface area is 105 Å². The lowest BCUT2D eigenvalue weighted by Gasteiger charge is -2.12. The molecule has 1 aromatic rings. The zero-order valence-corrected chi connectivity index (χ0v) is 10.1. The normalized spacial score (nSPS) is 16.6. The van der Waals surface area contributed by atoms with Crippen LogP contribution in [-0.2, 0) is 0 Å². The number of halogens is 1. The third kappa shape index (κ3) is 2.70. The van der Waals surface area contributed by atoms with E-state index in [1.165, 1.54) is 0 Å². The van der Waals surface area contributed by atoms with Crippen molar-refractivity contribution in [2.45, 2.75) is 12.8 Å². The molecule has 0 radical (unpaired) electrons. The van der Waals surface area contributed by atoms with Crippen LogP contribution in [0.5, 0.6) is 0 Å². The van der Waals surface area contributed by atoms with Crippen LogP contribution in [0.4, 0.5) is 5.69 Å².